The zero-order valence-corrected chi connectivity index (χ0v) is 15.9. The monoisotopic (exact) mass is 352 g/mol. The summed E-state index contributed by atoms with van der Waals surface area (Å²) < 4.78 is 5.54. The van der Waals surface area contributed by atoms with Crippen molar-refractivity contribution in [3.05, 3.63) is 58.9 Å². The van der Waals surface area contributed by atoms with E-state index in [9.17, 15) is 5.11 Å². The number of fused-ring (bicyclic) bond motifs is 1. The van der Waals surface area contributed by atoms with Gasteiger partial charge in [0.2, 0.25) is 0 Å². The molecule has 2 heterocycles. The third kappa shape index (κ3) is 2.91. The first-order chi connectivity index (χ1) is 12.5. The van der Waals surface area contributed by atoms with E-state index in [2.05, 4.69) is 48.0 Å². The molecule has 4 heteroatoms. The highest BCUT2D eigenvalue weighted by molar-refractivity contribution is 5.37. The molecule has 2 aromatic rings. The Labute approximate surface area is 155 Å². The van der Waals surface area contributed by atoms with Crippen molar-refractivity contribution in [1.29, 1.82) is 0 Å². The molecule has 1 N–H and O–H groups in total. The standard InChI is InChI=1S/C22H28N2O2/c1-15-6-7-20(26-3)18(11-15)13-24-12-17-8-9-22(25,19(17)14-24)21-16(2)5-4-10-23-21/h4-7,10-11,17,19,25H,8-9,12-14H2,1-3H3/t17-,19+,22+/m0/s1. The van der Waals surface area contributed by atoms with Crippen molar-refractivity contribution in [3.8, 4) is 5.75 Å². The number of ether oxygens (including phenoxy) is 1. The third-order valence-corrected chi connectivity index (χ3v) is 6.28. The average Bonchev–Trinajstić information content (AvgIpc) is 3.16. The van der Waals surface area contributed by atoms with Crippen molar-refractivity contribution in [3.63, 3.8) is 0 Å². The quantitative estimate of drug-likeness (QED) is 0.916. The third-order valence-electron chi connectivity index (χ3n) is 6.28. The molecule has 1 aromatic carbocycles. The highest BCUT2D eigenvalue weighted by atomic mass is 16.5. The summed E-state index contributed by atoms with van der Waals surface area (Å²) in [7, 11) is 1.73. The van der Waals surface area contributed by atoms with E-state index in [1.54, 1.807) is 13.3 Å². The molecule has 26 heavy (non-hydrogen) atoms. The maximum absolute atomic E-state index is 11.5. The molecule has 0 unspecified atom stereocenters. The van der Waals surface area contributed by atoms with Crippen LogP contribution in [0.5, 0.6) is 5.75 Å². The van der Waals surface area contributed by atoms with Gasteiger partial charge in [0.15, 0.2) is 0 Å². The van der Waals surface area contributed by atoms with E-state index < -0.39 is 5.60 Å². The van der Waals surface area contributed by atoms with Crippen LogP contribution >= 0.6 is 0 Å². The number of hydrogen-bond donors (Lipinski definition) is 1. The van der Waals surface area contributed by atoms with Crippen molar-refractivity contribution in [1.82, 2.24) is 9.88 Å². The highest BCUT2D eigenvalue weighted by Crippen LogP contribution is 2.50. The van der Waals surface area contributed by atoms with E-state index in [0.717, 1.165) is 49.5 Å². The number of aliphatic hydroxyl groups is 1. The molecule has 1 aliphatic carbocycles. The van der Waals surface area contributed by atoms with Crippen LogP contribution in [-0.2, 0) is 12.1 Å². The molecule has 1 saturated heterocycles. The molecule has 4 rings (SSSR count). The van der Waals surface area contributed by atoms with Crippen LogP contribution < -0.4 is 4.74 Å². The van der Waals surface area contributed by atoms with E-state index in [4.69, 9.17) is 4.74 Å². The van der Waals surface area contributed by atoms with Gasteiger partial charge in [0, 0.05) is 37.3 Å². The summed E-state index contributed by atoms with van der Waals surface area (Å²) in [5.74, 6) is 1.74. The van der Waals surface area contributed by atoms with E-state index in [1.807, 2.05) is 6.07 Å². The lowest BCUT2D eigenvalue weighted by Gasteiger charge is -2.31. The number of hydrogen-bond acceptors (Lipinski definition) is 4. The zero-order chi connectivity index (χ0) is 18.3. The summed E-state index contributed by atoms with van der Waals surface area (Å²) in [4.78, 5) is 7.02. The van der Waals surface area contributed by atoms with Gasteiger partial charge in [-0.05, 0) is 50.3 Å². The molecular formula is C22H28N2O2. The number of likely N-dealkylation sites (tertiary alicyclic amines) is 1. The van der Waals surface area contributed by atoms with Crippen LogP contribution in [0.4, 0.5) is 0 Å². The van der Waals surface area contributed by atoms with E-state index in [0.29, 0.717) is 5.92 Å². The molecule has 1 saturated carbocycles. The molecule has 2 aliphatic rings. The van der Waals surface area contributed by atoms with Gasteiger partial charge in [0.25, 0.3) is 0 Å². The predicted molar refractivity (Wildman–Crippen MR) is 102 cm³/mol. The summed E-state index contributed by atoms with van der Waals surface area (Å²) in [6.07, 6.45) is 3.69. The number of benzene rings is 1. The van der Waals surface area contributed by atoms with E-state index >= 15 is 0 Å². The van der Waals surface area contributed by atoms with Gasteiger partial charge in [-0.1, -0.05) is 23.8 Å². The molecule has 138 valence electrons. The fourth-order valence-electron chi connectivity index (χ4n) is 5.02. The SMILES string of the molecule is COc1ccc(C)cc1CN1C[C@@H]2CC[C@](O)(c3ncccc3C)[C@@H]2C1. The molecule has 2 fully saturated rings. The Hall–Kier alpha value is -1.91. The van der Waals surface area contributed by atoms with Gasteiger partial charge in [-0.25, -0.2) is 0 Å². The number of nitrogens with zero attached hydrogens (tertiary/aromatic N) is 2. The van der Waals surface area contributed by atoms with Crippen LogP contribution in [0, 0.1) is 25.7 Å². The number of rotatable bonds is 4. The lowest BCUT2D eigenvalue weighted by Crippen LogP contribution is -2.36. The van der Waals surface area contributed by atoms with Gasteiger partial charge >= 0.3 is 0 Å². The average molecular weight is 352 g/mol. The summed E-state index contributed by atoms with van der Waals surface area (Å²) >= 11 is 0. The summed E-state index contributed by atoms with van der Waals surface area (Å²) in [5, 5.41) is 11.5. The molecule has 0 radical (unpaired) electrons. The minimum Gasteiger partial charge on any atom is -0.496 e. The summed E-state index contributed by atoms with van der Waals surface area (Å²) in [6, 6.07) is 10.3. The van der Waals surface area contributed by atoms with Gasteiger partial charge in [-0.2, -0.15) is 0 Å². The van der Waals surface area contributed by atoms with Crippen molar-refractivity contribution in [2.75, 3.05) is 20.2 Å². The summed E-state index contributed by atoms with van der Waals surface area (Å²) in [5.41, 5.74) is 3.66. The smallest absolute Gasteiger partial charge is 0.123 e. The maximum atomic E-state index is 11.5. The maximum Gasteiger partial charge on any atom is 0.123 e. The van der Waals surface area contributed by atoms with Gasteiger partial charge < -0.3 is 9.84 Å². The van der Waals surface area contributed by atoms with E-state index in [1.165, 1.54) is 11.1 Å². The van der Waals surface area contributed by atoms with Crippen LogP contribution in [0.15, 0.2) is 36.5 Å². The molecule has 3 atom stereocenters. The first-order valence-corrected chi connectivity index (χ1v) is 9.51. The Bertz CT molecular complexity index is 806. The first-order valence-electron chi connectivity index (χ1n) is 9.51. The first kappa shape index (κ1) is 17.5. The van der Waals surface area contributed by atoms with Gasteiger partial charge in [0.05, 0.1) is 12.8 Å². The second-order valence-corrected chi connectivity index (χ2v) is 8.01. The van der Waals surface area contributed by atoms with Crippen molar-refractivity contribution in [2.24, 2.45) is 11.8 Å². The molecule has 0 spiro atoms. The van der Waals surface area contributed by atoms with E-state index in [-0.39, 0.29) is 5.92 Å². The number of pyridine rings is 1. The second kappa shape index (κ2) is 6.67. The largest absolute Gasteiger partial charge is 0.496 e. The number of aryl methyl sites for hydroxylation is 2. The molecule has 1 aromatic heterocycles. The molecule has 0 bridgehead atoms. The van der Waals surface area contributed by atoms with Crippen LogP contribution in [0.25, 0.3) is 0 Å². The van der Waals surface area contributed by atoms with Crippen molar-refractivity contribution < 1.29 is 9.84 Å². The van der Waals surface area contributed by atoms with Crippen LogP contribution in [0.1, 0.15) is 35.2 Å². The number of methoxy groups -OCH3 is 1. The predicted octanol–water partition coefficient (Wildman–Crippen LogP) is 3.44. The molecule has 0 amide bonds. The minimum absolute atomic E-state index is 0.256. The Morgan fingerprint density at radius 1 is 1.27 bits per heavy atom. The van der Waals surface area contributed by atoms with Crippen LogP contribution in [-0.4, -0.2) is 35.2 Å². The lowest BCUT2D eigenvalue weighted by molar-refractivity contribution is -0.0114. The van der Waals surface area contributed by atoms with Gasteiger partial charge in [0.1, 0.15) is 11.4 Å². The van der Waals surface area contributed by atoms with Gasteiger partial charge in [-0.15, -0.1) is 0 Å². The van der Waals surface area contributed by atoms with Crippen molar-refractivity contribution >= 4 is 0 Å². The summed E-state index contributed by atoms with van der Waals surface area (Å²) in [6.45, 7) is 6.99. The van der Waals surface area contributed by atoms with Crippen molar-refractivity contribution in [2.45, 2.75) is 38.8 Å². The van der Waals surface area contributed by atoms with Crippen LogP contribution in [0.3, 0.4) is 0 Å². The second-order valence-electron chi connectivity index (χ2n) is 8.01. The molecule has 1 aliphatic heterocycles. The Morgan fingerprint density at radius 3 is 2.88 bits per heavy atom. The lowest BCUT2D eigenvalue weighted by atomic mass is 9.83. The van der Waals surface area contributed by atoms with Crippen LogP contribution in [0.2, 0.25) is 0 Å². The fraction of sp³-hybridized carbons (Fsp3) is 0.500. The fourth-order valence-corrected chi connectivity index (χ4v) is 5.02. The minimum atomic E-state index is -0.790. The zero-order valence-electron chi connectivity index (χ0n) is 15.9. The normalized spacial score (nSPS) is 28.3. The Balaban J connectivity index is 1.55. The van der Waals surface area contributed by atoms with Gasteiger partial charge in [-0.3, -0.25) is 9.88 Å². The molecule has 4 nitrogen and oxygen atoms in total. The topological polar surface area (TPSA) is 45.6 Å². The molecular weight excluding hydrogens is 324 g/mol. The Morgan fingerprint density at radius 2 is 2.12 bits per heavy atom. The highest BCUT2D eigenvalue weighted by Gasteiger charge is 2.53. The Kier molecular flexibility index (Phi) is 4.49. The number of aromatic nitrogens is 1.